The van der Waals surface area contributed by atoms with Crippen LogP contribution in [0.25, 0.3) is 0 Å². The lowest BCUT2D eigenvalue weighted by Crippen LogP contribution is -2.47. The third-order valence-corrected chi connectivity index (χ3v) is 14.3. The molecule has 33 heavy (non-hydrogen) atoms. The molecule has 4 aliphatic heterocycles. The fraction of sp³-hybridized carbons (Fsp3) is 0.600. The lowest BCUT2D eigenvalue weighted by atomic mass is 10.1. The van der Waals surface area contributed by atoms with Gasteiger partial charge in [-0.1, -0.05) is 12.2 Å². The van der Waals surface area contributed by atoms with Crippen LogP contribution in [0.5, 0.6) is 0 Å². The highest BCUT2D eigenvalue weighted by Gasteiger charge is 2.73. The van der Waals surface area contributed by atoms with Crippen molar-refractivity contribution < 1.29 is 30.7 Å². The number of sulfonamides is 2. The molecule has 6 rings (SSSR count). The fourth-order valence-corrected chi connectivity index (χ4v) is 11.5. The van der Waals surface area contributed by atoms with E-state index in [9.17, 15) is 21.2 Å². The molecule has 1 aliphatic carbocycles. The first-order valence-corrected chi connectivity index (χ1v) is 15.4. The maximum atomic E-state index is 12.7. The van der Waals surface area contributed by atoms with Gasteiger partial charge in [0.2, 0.25) is 20.0 Å². The average molecular weight is 537 g/mol. The topological polar surface area (TPSA) is 93.2 Å². The zero-order valence-corrected chi connectivity index (χ0v) is 21.0. The van der Waals surface area contributed by atoms with Crippen molar-refractivity contribution in [2.75, 3.05) is 52.6 Å². The van der Waals surface area contributed by atoms with Crippen LogP contribution < -0.4 is 0 Å². The van der Waals surface area contributed by atoms with E-state index < -0.39 is 29.9 Å². The molecule has 0 saturated carbocycles. The van der Waals surface area contributed by atoms with E-state index in [0.717, 1.165) is 12.1 Å². The summed E-state index contributed by atoms with van der Waals surface area (Å²) >= 11 is 3.51. The van der Waals surface area contributed by atoms with Gasteiger partial charge >= 0.3 is 0 Å². The number of thioether (sulfide) groups is 2. The van der Waals surface area contributed by atoms with Crippen LogP contribution in [0, 0.1) is 5.82 Å². The summed E-state index contributed by atoms with van der Waals surface area (Å²) in [6.45, 7) is 3.56. The molecule has 1 aromatic rings. The van der Waals surface area contributed by atoms with E-state index >= 15 is 0 Å². The van der Waals surface area contributed by atoms with Crippen LogP contribution in [-0.2, 0) is 29.5 Å². The third-order valence-electron chi connectivity index (χ3n) is 6.16. The smallest absolute Gasteiger partial charge is 0.243 e. The number of hydrogen-bond acceptors (Lipinski definition) is 8. The van der Waals surface area contributed by atoms with Gasteiger partial charge in [-0.25, -0.2) is 21.2 Å². The zero-order chi connectivity index (χ0) is 23.3. The lowest BCUT2D eigenvalue weighted by molar-refractivity contribution is 0.0727. The number of nitrogens with zero attached hydrogens (tertiary/aromatic N) is 2. The van der Waals surface area contributed by atoms with Crippen molar-refractivity contribution in [1.29, 1.82) is 0 Å². The third kappa shape index (κ3) is 4.51. The summed E-state index contributed by atoms with van der Waals surface area (Å²) in [6, 6.07) is 4.85. The normalized spacial score (nSPS) is 33.9. The quantitative estimate of drug-likeness (QED) is 0.421. The molecular weight excluding hydrogens is 511 g/mol. The zero-order valence-electron chi connectivity index (χ0n) is 17.7. The van der Waals surface area contributed by atoms with Crippen LogP contribution in [-0.4, -0.2) is 97.9 Å². The summed E-state index contributed by atoms with van der Waals surface area (Å²) in [5.74, 6) is -0.444. The van der Waals surface area contributed by atoms with Gasteiger partial charge in [0, 0.05) is 36.7 Å². The molecule has 8 nitrogen and oxygen atoms in total. The second-order valence-electron chi connectivity index (χ2n) is 8.17. The molecule has 5 aliphatic rings. The van der Waals surface area contributed by atoms with Gasteiger partial charge in [0.15, 0.2) is 4.08 Å². The van der Waals surface area contributed by atoms with E-state index in [1.807, 2.05) is 17.8 Å². The molecule has 1 aromatic carbocycles. The van der Waals surface area contributed by atoms with Crippen LogP contribution in [0.4, 0.5) is 4.39 Å². The second-order valence-corrected chi connectivity index (χ2v) is 15.3. The summed E-state index contributed by atoms with van der Waals surface area (Å²) in [6.07, 6.45) is 4.03. The number of morpholine rings is 2. The molecule has 0 radical (unpaired) electrons. The van der Waals surface area contributed by atoms with Crippen molar-refractivity contribution in [1.82, 2.24) is 8.61 Å². The van der Waals surface area contributed by atoms with E-state index in [-0.39, 0.29) is 10.1 Å². The maximum Gasteiger partial charge on any atom is 0.243 e. The van der Waals surface area contributed by atoms with Gasteiger partial charge in [-0.15, -0.1) is 23.5 Å². The highest BCUT2D eigenvalue weighted by molar-refractivity contribution is 8.23. The Morgan fingerprint density at radius 2 is 1.48 bits per heavy atom. The number of rotatable bonds is 4. The molecule has 4 heterocycles. The van der Waals surface area contributed by atoms with Gasteiger partial charge in [-0.05, 0) is 24.3 Å². The number of ether oxygens (including phenoxy) is 2. The number of fused-ring (bicyclic) bond motifs is 3. The van der Waals surface area contributed by atoms with Crippen molar-refractivity contribution in [2.45, 2.75) is 24.7 Å². The SMILES string of the molecule is O=S(=O)(N1CCOCC1)C12C=CC3SC3C1S2.O=S(=O)(c1ccc(F)cc1)N1CCOCC1. The summed E-state index contributed by atoms with van der Waals surface area (Å²) < 4.78 is 74.7. The number of benzene rings is 1. The Kier molecular flexibility index (Phi) is 6.62. The maximum absolute atomic E-state index is 12.7. The van der Waals surface area contributed by atoms with Crippen molar-refractivity contribution >= 4 is 43.6 Å². The highest BCUT2D eigenvalue weighted by Crippen LogP contribution is 2.71. The molecule has 0 bridgehead atoms. The molecule has 4 unspecified atom stereocenters. The summed E-state index contributed by atoms with van der Waals surface area (Å²) in [4.78, 5) is 0.121. The Hall–Kier alpha value is -0.670. The van der Waals surface area contributed by atoms with E-state index in [2.05, 4.69) is 6.08 Å². The molecule has 0 spiro atoms. The van der Waals surface area contributed by atoms with Gasteiger partial charge in [0.1, 0.15) is 5.82 Å². The number of hydrogen-bond donors (Lipinski definition) is 0. The Morgan fingerprint density at radius 1 is 0.909 bits per heavy atom. The Labute approximate surface area is 202 Å². The molecule has 0 N–H and O–H groups in total. The molecule has 0 amide bonds. The summed E-state index contributed by atoms with van der Waals surface area (Å²) in [5, 5.41) is 1.42. The highest BCUT2D eigenvalue weighted by atomic mass is 32.3. The largest absolute Gasteiger partial charge is 0.379 e. The first-order valence-electron chi connectivity index (χ1n) is 10.7. The van der Waals surface area contributed by atoms with Gasteiger partial charge in [-0.2, -0.15) is 8.61 Å². The first kappa shape index (κ1) is 24.0. The Balaban J connectivity index is 0.000000139. The molecule has 4 saturated heterocycles. The predicted molar refractivity (Wildman–Crippen MR) is 126 cm³/mol. The Morgan fingerprint density at radius 3 is 2.09 bits per heavy atom. The molecular formula is C20H25FN2O6S4. The van der Waals surface area contributed by atoms with Gasteiger partial charge < -0.3 is 9.47 Å². The lowest BCUT2D eigenvalue weighted by Gasteiger charge is -2.29. The van der Waals surface area contributed by atoms with Gasteiger partial charge in [-0.3, -0.25) is 0 Å². The van der Waals surface area contributed by atoms with E-state index in [1.54, 1.807) is 16.1 Å². The summed E-state index contributed by atoms with van der Waals surface area (Å²) in [7, 11) is -6.69. The van der Waals surface area contributed by atoms with Gasteiger partial charge in [0.05, 0.1) is 36.6 Å². The van der Waals surface area contributed by atoms with Crippen LogP contribution in [0.1, 0.15) is 0 Å². The molecule has 0 aromatic heterocycles. The van der Waals surface area contributed by atoms with Crippen LogP contribution in [0.2, 0.25) is 0 Å². The predicted octanol–water partition coefficient (Wildman–Crippen LogP) is 1.36. The number of halogens is 1. The molecule has 4 atom stereocenters. The van der Waals surface area contributed by atoms with E-state index in [1.165, 1.54) is 16.4 Å². The minimum atomic E-state index is -3.49. The van der Waals surface area contributed by atoms with Crippen molar-refractivity contribution in [3.8, 4) is 0 Å². The minimum absolute atomic E-state index is 0.121. The minimum Gasteiger partial charge on any atom is -0.379 e. The van der Waals surface area contributed by atoms with Gasteiger partial charge in [0.25, 0.3) is 0 Å². The first-order chi connectivity index (χ1) is 15.8. The van der Waals surface area contributed by atoms with Crippen molar-refractivity contribution in [3.63, 3.8) is 0 Å². The Bertz CT molecular complexity index is 1120. The molecule has 13 heteroatoms. The van der Waals surface area contributed by atoms with Crippen molar-refractivity contribution in [3.05, 3.63) is 42.2 Å². The van der Waals surface area contributed by atoms with Crippen molar-refractivity contribution in [2.24, 2.45) is 0 Å². The summed E-state index contributed by atoms with van der Waals surface area (Å²) in [5.41, 5.74) is 0. The van der Waals surface area contributed by atoms with E-state index in [4.69, 9.17) is 9.47 Å². The second kappa shape index (κ2) is 9.08. The van der Waals surface area contributed by atoms with Crippen LogP contribution in [0.3, 0.4) is 0 Å². The van der Waals surface area contributed by atoms with Crippen LogP contribution in [0.15, 0.2) is 41.3 Å². The molecule has 182 valence electrons. The average Bonchev–Trinajstić information content (AvgIpc) is 3.73. The standard InChI is InChI=1S/C10H12FNO3S.C10H13NO3S3/c11-9-1-3-10(4-2-9)16(13,14)12-5-7-15-8-6-12;12-17(13,11-3-5-14-6-4-11)10-2-1-7-8(15-7)9(10)16-10/h1-4H,5-8H2;1-2,7-9H,3-6H2. The monoisotopic (exact) mass is 536 g/mol. The fourth-order valence-electron chi connectivity index (χ4n) is 4.18. The molecule has 4 fully saturated rings. The van der Waals surface area contributed by atoms with E-state index in [0.29, 0.717) is 63.1 Å². The van der Waals surface area contributed by atoms with Crippen LogP contribution >= 0.6 is 23.5 Å².